The van der Waals surface area contributed by atoms with Crippen LogP contribution in [0.2, 0.25) is 0 Å². The summed E-state index contributed by atoms with van der Waals surface area (Å²) in [4.78, 5) is 16.1. The van der Waals surface area contributed by atoms with Crippen LogP contribution in [0.4, 0.5) is 5.69 Å². The highest BCUT2D eigenvalue weighted by atomic mass is 16.5. The van der Waals surface area contributed by atoms with Gasteiger partial charge >= 0.3 is 0 Å². The third kappa shape index (κ3) is 5.49. The van der Waals surface area contributed by atoms with Crippen LogP contribution < -0.4 is 21.3 Å². The molecular weight excluding hydrogens is 404 g/mol. The summed E-state index contributed by atoms with van der Waals surface area (Å²) >= 11 is 0. The van der Waals surface area contributed by atoms with Gasteiger partial charge in [0, 0.05) is 81.6 Å². The second-order valence-corrected chi connectivity index (χ2v) is 8.21. The number of nitrogens with zero attached hydrogens (tertiary/aromatic N) is 2. The molecule has 2 aliphatic rings. The molecule has 1 aromatic carbocycles. The predicted octanol–water partition coefficient (Wildman–Crippen LogP) is 1.89. The molecule has 1 aromatic rings. The Labute approximate surface area is 191 Å². The topological polar surface area (TPSA) is 107 Å². The quantitative estimate of drug-likeness (QED) is 0.345. The lowest BCUT2D eigenvalue weighted by Gasteiger charge is -2.39. The Balaban J connectivity index is 1.87. The minimum atomic E-state index is -0.354. The van der Waals surface area contributed by atoms with Crippen molar-refractivity contribution >= 4 is 23.4 Å². The van der Waals surface area contributed by atoms with Crippen LogP contribution in [0.3, 0.4) is 0 Å². The van der Waals surface area contributed by atoms with Crippen LogP contribution in [0.15, 0.2) is 41.7 Å². The zero-order valence-corrected chi connectivity index (χ0v) is 19.4. The van der Waals surface area contributed by atoms with Crippen LogP contribution in [0.25, 0.3) is 5.57 Å². The van der Waals surface area contributed by atoms with Crippen LogP contribution in [-0.4, -0.2) is 69.1 Å². The molecule has 1 unspecified atom stereocenters. The van der Waals surface area contributed by atoms with Crippen molar-refractivity contribution in [1.82, 2.24) is 15.5 Å². The highest BCUT2D eigenvalue weighted by Gasteiger charge is 2.29. The molecule has 0 spiro atoms. The Morgan fingerprint density at radius 1 is 1.41 bits per heavy atom. The number of ether oxygens (including phenoxy) is 1. The zero-order chi connectivity index (χ0) is 23.1. The van der Waals surface area contributed by atoms with E-state index in [1.807, 2.05) is 36.2 Å². The molecule has 174 valence electrons. The SMILES string of the molecule is CCN(c1ccc(/C(C=N)=C/NC)cc1)C(N)C1=C(N[C@H]2CCOC2)CCN(C(C)=O)C1. The fourth-order valence-corrected chi connectivity index (χ4v) is 4.33. The van der Waals surface area contributed by atoms with E-state index in [0.29, 0.717) is 25.7 Å². The third-order valence-electron chi connectivity index (χ3n) is 6.16. The molecule has 32 heavy (non-hydrogen) atoms. The normalized spacial score (nSPS) is 20.2. The first kappa shape index (κ1) is 23.8. The van der Waals surface area contributed by atoms with Crippen molar-refractivity contribution in [3.63, 3.8) is 0 Å². The third-order valence-corrected chi connectivity index (χ3v) is 6.16. The first-order valence-corrected chi connectivity index (χ1v) is 11.3. The van der Waals surface area contributed by atoms with Crippen LogP contribution in [-0.2, 0) is 9.53 Å². The van der Waals surface area contributed by atoms with Crippen molar-refractivity contribution in [3.8, 4) is 0 Å². The molecule has 2 atom stereocenters. The molecule has 2 aliphatic heterocycles. The maximum Gasteiger partial charge on any atom is 0.219 e. The summed E-state index contributed by atoms with van der Waals surface area (Å²) in [7, 11) is 1.82. The number of carbonyl (C=O) groups is 1. The molecule has 0 saturated carbocycles. The van der Waals surface area contributed by atoms with E-state index in [9.17, 15) is 4.79 Å². The lowest BCUT2D eigenvalue weighted by molar-refractivity contribution is -0.128. The van der Waals surface area contributed by atoms with Gasteiger partial charge in [-0.15, -0.1) is 0 Å². The van der Waals surface area contributed by atoms with Crippen LogP contribution in [0.5, 0.6) is 0 Å². The number of benzene rings is 1. The van der Waals surface area contributed by atoms with Gasteiger partial charge < -0.3 is 36.3 Å². The van der Waals surface area contributed by atoms with Gasteiger partial charge in [0.05, 0.1) is 12.6 Å². The van der Waals surface area contributed by atoms with Gasteiger partial charge in [-0.25, -0.2) is 0 Å². The number of likely N-dealkylation sites (N-methyl/N-ethyl adjacent to an activating group) is 1. The highest BCUT2D eigenvalue weighted by Crippen LogP contribution is 2.26. The van der Waals surface area contributed by atoms with Gasteiger partial charge in [0.1, 0.15) is 6.17 Å². The summed E-state index contributed by atoms with van der Waals surface area (Å²) in [6, 6.07) is 8.38. The fraction of sp³-hybridized carbons (Fsp3) is 0.500. The molecule has 8 heteroatoms. The van der Waals surface area contributed by atoms with E-state index < -0.39 is 0 Å². The molecule has 0 bridgehead atoms. The van der Waals surface area contributed by atoms with Crippen molar-refractivity contribution < 1.29 is 9.53 Å². The molecule has 3 rings (SSSR count). The number of anilines is 1. The summed E-state index contributed by atoms with van der Waals surface area (Å²) in [5.41, 5.74) is 11.8. The van der Waals surface area contributed by atoms with Crippen molar-refractivity contribution in [2.45, 2.75) is 38.9 Å². The van der Waals surface area contributed by atoms with Crippen molar-refractivity contribution in [2.75, 3.05) is 44.8 Å². The lowest BCUT2D eigenvalue weighted by atomic mass is 10.0. The minimum Gasteiger partial charge on any atom is -0.393 e. The van der Waals surface area contributed by atoms with E-state index in [2.05, 4.69) is 22.5 Å². The largest absolute Gasteiger partial charge is 0.393 e. The zero-order valence-electron chi connectivity index (χ0n) is 19.4. The van der Waals surface area contributed by atoms with Crippen molar-refractivity contribution in [1.29, 1.82) is 5.41 Å². The molecule has 5 N–H and O–H groups in total. The Kier molecular flexibility index (Phi) is 8.30. The highest BCUT2D eigenvalue weighted by molar-refractivity contribution is 6.08. The van der Waals surface area contributed by atoms with Crippen LogP contribution >= 0.6 is 0 Å². The number of rotatable bonds is 9. The Morgan fingerprint density at radius 2 is 2.16 bits per heavy atom. The molecule has 1 fully saturated rings. The molecular formula is C24H36N6O2. The van der Waals surface area contributed by atoms with Gasteiger partial charge in [-0.05, 0) is 31.0 Å². The molecule has 1 saturated heterocycles. The predicted molar refractivity (Wildman–Crippen MR) is 130 cm³/mol. The first-order valence-electron chi connectivity index (χ1n) is 11.3. The number of nitrogens with two attached hydrogens (primary N) is 1. The Morgan fingerprint density at radius 3 is 2.72 bits per heavy atom. The van der Waals surface area contributed by atoms with Gasteiger partial charge in [-0.1, -0.05) is 12.1 Å². The fourth-order valence-electron chi connectivity index (χ4n) is 4.33. The number of hydrogen-bond acceptors (Lipinski definition) is 7. The molecule has 0 aromatic heterocycles. The van der Waals surface area contributed by atoms with E-state index in [4.69, 9.17) is 15.9 Å². The maximum atomic E-state index is 12.1. The van der Waals surface area contributed by atoms with E-state index in [-0.39, 0.29) is 12.1 Å². The van der Waals surface area contributed by atoms with Crippen molar-refractivity contribution in [3.05, 3.63) is 47.3 Å². The van der Waals surface area contributed by atoms with E-state index in [1.54, 1.807) is 13.1 Å². The first-order chi connectivity index (χ1) is 15.5. The van der Waals surface area contributed by atoms with Gasteiger partial charge in [0.25, 0.3) is 0 Å². The van der Waals surface area contributed by atoms with Gasteiger partial charge in [-0.2, -0.15) is 0 Å². The molecule has 0 radical (unpaired) electrons. The average Bonchev–Trinajstić information content (AvgIpc) is 3.31. The monoisotopic (exact) mass is 440 g/mol. The molecule has 1 amide bonds. The van der Waals surface area contributed by atoms with Crippen LogP contribution in [0.1, 0.15) is 32.3 Å². The summed E-state index contributed by atoms with van der Waals surface area (Å²) in [6.45, 7) is 7.14. The number of nitrogens with one attached hydrogen (secondary N) is 3. The lowest BCUT2D eigenvalue weighted by Crippen LogP contribution is -2.51. The Hall–Kier alpha value is -2.84. The molecule has 0 aliphatic carbocycles. The van der Waals surface area contributed by atoms with Gasteiger partial charge in [-0.3, -0.25) is 4.79 Å². The second-order valence-electron chi connectivity index (χ2n) is 8.21. The number of hydrogen-bond donors (Lipinski definition) is 4. The summed E-state index contributed by atoms with van der Waals surface area (Å²) in [5, 5.41) is 14.3. The van der Waals surface area contributed by atoms with E-state index >= 15 is 0 Å². The number of amides is 1. The number of carbonyl (C=O) groups excluding carboxylic acids is 1. The number of allylic oxidation sites excluding steroid dienone is 1. The van der Waals surface area contributed by atoms with E-state index in [1.165, 1.54) is 6.21 Å². The minimum absolute atomic E-state index is 0.0702. The summed E-state index contributed by atoms with van der Waals surface area (Å²) in [6.07, 6.45) is 4.54. The van der Waals surface area contributed by atoms with E-state index in [0.717, 1.165) is 54.1 Å². The van der Waals surface area contributed by atoms with Crippen LogP contribution in [0, 0.1) is 5.41 Å². The maximum absolute atomic E-state index is 12.1. The smallest absolute Gasteiger partial charge is 0.219 e. The standard InChI is InChI=1S/C24H36N6O2/c1-4-30(21-7-5-18(6-8-21)19(13-25)14-27-3)24(26)22-15-29(17(2)31)11-9-23(22)28-20-10-12-32-16-20/h5-8,13-14,20,24-25,27-28H,4,9-12,15-16,26H2,1-3H3/b19-14+,25-13?/t20-,24?/m0/s1. The summed E-state index contributed by atoms with van der Waals surface area (Å²) in [5.74, 6) is 0.0702. The molecule has 8 nitrogen and oxygen atoms in total. The summed E-state index contributed by atoms with van der Waals surface area (Å²) < 4.78 is 5.53. The second kappa shape index (κ2) is 11.2. The van der Waals surface area contributed by atoms with Crippen molar-refractivity contribution in [2.24, 2.45) is 5.73 Å². The van der Waals surface area contributed by atoms with Gasteiger partial charge in [0.15, 0.2) is 0 Å². The van der Waals surface area contributed by atoms with Gasteiger partial charge in [0.2, 0.25) is 5.91 Å². The average molecular weight is 441 g/mol. The Bertz CT molecular complexity index is 858. The molecule has 2 heterocycles.